The third-order valence-electron chi connectivity index (χ3n) is 2.68. The number of hydrogen-bond acceptors (Lipinski definition) is 3. The summed E-state index contributed by atoms with van der Waals surface area (Å²) >= 11 is 7.36. The van der Waals surface area contributed by atoms with E-state index in [4.69, 9.17) is 17.0 Å². The third kappa shape index (κ3) is 4.40. The molecule has 2 aromatic rings. The van der Waals surface area contributed by atoms with Crippen LogP contribution in [0.1, 0.15) is 10.4 Å². The van der Waals surface area contributed by atoms with E-state index in [1.165, 1.54) is 7.11 Å². The number of benzene rings is 2. The van der Waals surface area contributed by atoms with Gasteiger partial charge in [-0.2, -0.15) is 0 Å². The molecule has 108 valence electrons. The molecule has 6 heteroatoms. The van der Waals surface area contributed by atoms with Crippen molar-refractivity contribution in [3.8, 4) is 5.75 Å². The quantitative estimate of drug-likeness (QED) is 0.599. The highest BCUT2D eigenvalue weighted by molar-refractivity contribution is 14.1. The van der Waals surface area contributed by atoms with Crippen molar-refractivity contribution in [2.24, 2.45) is 0 Å². The lowest BCUT2D eigenvalue weighted by atomic mass is 10.2. The topological polar surface area (TPSA) is 50.4 Å². The first-order valence-corrected chi connectivity index (χ1v) is 7.60. The number of rotatable bonds is 3. The molecule has 0 aliphatic heterocycles. The highest BCUT2D eigenvalue weighted by Crippen LogP contribution is 2.17. The number of para-hydroxylation sites is 1. The molecule has 4 nitrogen and oxygen atoms in total. The molecule has 0 aromatic heterocycles. The molecule has 2 N–H and O–H groups in total. The van der Waals surface area contributed by atoms with Crippen molar-refractivity contribution in [2.45, 2.75) is 0 Å². The van der Waals surface area contributed by atoms with Crippen molar-refractivity contribution in [1.82, 2.24) is 5.32 Å². The molecule has 0 aliphatic carbocycles. The summed E-state index contributed by atoms with van der Waals surface area (Å²) in [5, 5.41) is 5.84. The standard InChI is InChI=1S/C15H13IN2O2S/c1-20-13-5-3-2-4-12(13)14(19)18-15(21)17-11-8-6-10(16)7-9-11/h2-9H,1H3,(H2,17,18,19,21). The molecule has 1 amide bonds. The Morgan fingerprint density at radius 1 is 1.14 bits per heavy atom. The van der Waals surface area contributed by atoms with E-state index < -0.39 is 0 Å². The highest BCUT2D eigenvalue weighted by Gasteiger charge is 2.12. The second-order valence-electron chi connectivity index (χ2n) is 4.12. The van der Waals surface area contributed by atoms with Gasteiger partial charge in [0.2, 0.25) is 0 Å². The fourth-order valence-corrected chi connectivity index (χ4v) is 2.27. The number of halogens is 1. The molecule has 0 fully saturated rings. The molecule has 0 radical (unpaired) electrons. The number of carbonyl (C=O) groups excluding carboxylic acids is 1. The zero-order valence-electron chi connectivity index (χ0n) is 11.2. The van der Waals surface area contributed by atoms with E-state index in [0.29, 0.717) is 11.3 Å². The monoisotopic (exact) mass is 412 g/mol. The molecule has 0 unspecified atom stereocenters. The van der Waals surface area contributed by atoms with Crippen LogP contribution < -0.4 is 15.4 Å². The van der Waals surface area contributed by atoms with E-state index in [1.807, 2.05) is 24.3 Å². The average molecular weight is 412 g/mol. The number of methoxy groups -OCH3 is 1. The van der Waals surface area contributed by atoms with Crippen LogP contribution in [0.4, 0.5) is 5.69 Å². The molecule has 21 heavy (non-hydrogen) atoms. The molecule has 2 aromatic carbocycles. The fraction of sp³-hybridized carbons (Fsp3) is 0.0667. The van der Waals surface area contributed by atoms with E-state index in [2.05, 4.69) is 33.2 Å². The molecule has 0 saturated carbocycles. The Labute approximate surface area is 142 Å². The van der Waals surface area contributed by atoms with Crippen molar-refractivity contribution in [1.29, 1.82) is 0 Å². The lowest BCUT2D eigenvalue weighted by Gasteiger charge is -2.11. The summed E-state index contributed by atoms with van der Waals surface area (Å²) < 4.78 is 6.28. The number of thiocarbonyl (C=S) groups is 1. The van der Waals surface area contributed by atoms with E-state index in [1.54, 1.807) is 24.3 Å². The van der Waals surface area contributed by atoms with Gasteiger partial charge in [0.1, 0.15) is 5.75 Å². The summed E-state index contributed by atoms with van der Waals surface area (Å²) in [6, 6.07) is 14.7. The number of nitrogens with one attached hydrogen (secondary N) is 2. The number of hydrogen-bond donors (Lipinski definition) is 2. The summed E-state index contributed by atoms with van der Waals surface area (Å²) in [5.41, 5.74) is 1.26. The van der Waals surface area contributed by atoms with E-state index in [9.17, 15) is 4.79 Å². The van der Waals surface area contributed by atoms with Crippen molar-refractivity contribution < 1.29 is 9.53 Å². The van der Waals surface area contributed by atoms with Gasteiger partial charge in [-0.15, -0.1) is 0 Å². The van der Waals surface area contributed by atoms with Gasteiger partial charge in [0, 0.05) is 9.26 Å². The molecule has 0 bridgehead atoms. The first-order chi connectivity index (χ1) is 10.1. The Morgan fingerprint density at radius 3 is 2.48 bits per heavy atom. The summed E-state index contributed by atoms with van der Waals surface area (Å²) in [6.07, 6.45) is 0. The Bertz CT molecular complexity index is 659. The smallest absolute Gasteiger partial charge is 0.261 e. The van der Waals surface area contributed by atoms with Crippen LogP contribution in [0.3, 0.4) is 0 Å². The van der Waals surface area contributed by atoms with Gasteiger partial charge in [-0.05, 0) is 71.2 Å². The largest absolute Gasteiger partial charge is 0.496 e. The van der Waals surface area contributed by atoms with Gasteiger partial charge in [0.05, 0.1) is 12.7 Å². The first kappa shape index (κ1) is 15.7. The Morgan fingerprint density at radius 2 is 1.81 bits per heavy atom. The minimum atomic E-state index is -0.310. The molecule has 0 atom stereocenters. The number of anilines is 1. The predicted octanol–water partition coefficient (Wildman–Crippen LogP) is 3.43. The predicted molar refractivity (Wildman–Crippen MR) is 95.8 cm³/mol. The van der Waals surface area contributed by atoms with Gasteiger partial charge in [-0.25, -0.2) is 0 Å². The minimum Gasteiger partial charge on any atom is -0.496 e. The Hall–Kier alpha value is -1.67. The van der Waals surface area contributed by atoms with Gasteiger partial charge < -0.3 is 10.1 Å². The van der Waals surface area contributed by atoms with Crippen LogP contribution in [0.15, 0.2) is 48.5 Å². The summed E-state index contributed by atoms with van der Waals surface area (Å²) in [5.74, 6) is 0.197. The molecular formula is C15H13IN2O2S. The highest BCUT2D eigenvalue weighted by atomic mass is 127. The van der Waals surface area contributed by atoms with Gasteiger partial charge in [0.25, 0.3) is 5.91 Å². The first-order valence-electron chi connectivity index (χ1n) is 6.11. The Kier molecular flexibility index (Phi) is 5.51. The maximum absolute atomic E-state index is 12.2. The van der Waals surface area contributed by atoms with Crippen molar-refractivity contribution in [2.75, 3.05) is 12.4 Å². The maximum Gasteiger partial charge on any atom is 0.261 e. The van der Waals surface area contributed by atoms with Gasteiger partial charge in [-0.1, -0.05) is 12.1 Å². The van der Waals surface area contributed by atoms with Gasteiger partial charge >= 0.3 is 0 Å². The molecule has 0 aliphatic rings. The summed E-state index contributed by atoms with van der Waals surface area (Å²) in [6.45, 7) is 0. The minimum absolute atomic E-state index is 0.243. The average Bonchev–Trinajstić information content (AvgIpc) is 2.49. The van der Waals surface area contributed by atoms with Crippen LogP contribution in [0.2, 0.25) is 0 Å². The normalized spacial score (nSPS) is 9.81. The van der Waals surface area contributed by atoms with Crippen LogP contribution in [-0.4, -0.2) is 18.1 Å². The SMILES string of the molecule is COc1ccccc1C(=O)NC(=S)Nc1ccc(I)cc1. The lowest BCUT2D eigenvalue weighted by molar-refractivity contribution is 0.0975. The van der Waals surface area contributed by atoms with Gasteiger partial charge in [0.15, 0.2) is 5.11 Å². The van der Waals surface area contributed by atoms with Crippen LogP contribution in [0.25, 0.3) is 0 Å². The zero-order valence-corrected chi connectivity index (χ0v) is 14.2. The maximum atomic E-state index is 12.2. The number of ether oxygens (including phenoxy) is 1. The van der Waals surface area contributed by atoms with E-state index in [0.717, 1.165) is 9.26 Å². The molecule has 0 saturated heterocycles. The van der Waals surface area contributed by atoms with Crippen molar-refractivity contribution >= 4 is 51.5 Å². The van der Waals surface area contributed by atoms with Crippen LogP contribution >= 0.6 is 34.8 Å². The van der Waals surface area contributed by atoms with Crippen molar-refractivity contribution in [3.63, 3.8) is 0 Å². The molecule has 0 spiro atoms. The van der Waals surface area contributed by atoms with Crippen LogP contribution in [-0.2, 0) is 0 Å². The van der Waals surface area contributed by atoms with Gasteiger partial charge in [-0.3, -0.25) is 10.1 Å². The molecule has 2 rings (SSSR count). The summed E-state index contributed by atoms with van der Waals surface area (Å²) in [7, 11) is 1.52. The fourth-order valence-electron chi connectivity index (χ4n) is 1.70. The second-order valence-corrected chi connectivity index (χ2v) is 5.77. The zero-order chi connectivity index (χ0) is 15.2. The van der Waals surface area contributed by atoms with Crippen LogP contribution in [0, 0.1) is 3.57 Å². The van der Waals surface area contributed by atoms with E-state index >= 15 is 0 Å². The summed E-state index contributed by atoms with van der Waals surface area (Å²) in [4.78, 5) is 12.2. The number of amides is 1. The lowest BCUT2D eigenvalue weighted by Crippen LogP contribution is -2.34. The van der Waals surface area contributed by atoms with Crippen LogP contribution in [0.5, 0.6) is 5.75 Å². The Balaban J connectivity index is 2.02. The number of carbonyl (C=O) groups is 1. The van der Waals surface area contributed by atoms with Crippen molar-refractivity contribution in [3.05, 3.63) is 57.7 Å². The second kappa shape index (κ2) is 7.37. The van der Waals surface area contributed by atoms with E-state index in [-0.39, 0.29) is 11.0 Å². The third-order valence-corrected chi connectivity index (χ3v) is 3.60. The molecule has 0 heterocycles. The molecular weight excluding hydrogens is 399 g/mol.